The van der Waals surface area contributed by atoms with Gasteiger partial charge in [0.05, 0.1) is 19.5 Å². The highest BCUT2D eigenvalue weighted by Gasteiger charge is 2.30. The smallest absolute Gasteiger partial charge is 0.245 e. The summed E-state index contributed by atoms with van der Waals surface area (Å²) in [5.41, 5.74) is 2.49. The van der Waals surface area contributed by atoms with Crippen molar-refractivity contribution in [1.29, 1.82) is 0 Å². The third kappa shape index (κ3) is 4.24. The lowest BCUT2D eigenvalue weighted by molar-refractivity contribution is -0.136. The summed E-state index contributed by atoms with van der Waals surface area (Å²) in [4.78, 5) is 21.4. The standard InChI is InChI=1S/C24H28N4O2/c1-19(28-13-12-25-18-28)24(29)27-16-14-26(15-17-27)23(20-6-4-3-5-7-20)21-8-10-22(30-2)11-9-21/h3-13,18-19,23H,14-17H2,1-2H3/t19-,23+/m1/s1. The number of imidazole rings is 1. The van der Waals surface area contributed by atoms with Crippen LogP contribution in [-0.4, -0.2) is 58.5 Å². The van der Waals surface area contributed by atoms with E-state index in [-0.39, 0.29) is 18.0 Å². The molecule has 156 valence electrons. The van der Waals surface area contributed by atoms with Crippen LogP contribution >= 0.6 is 0 Å². The first-order valence-corrected chi connectivity index (χ1v) is 10.4. The van der Waals surface area contributed by atoms with E-state index in [0.29, 0.717) is 0 Å². The Hall–Kier alpha value is -3.12. The maximum Gasteiger partial charge on any atom is 0.245 e. The molecule has 6 heteroatoms. The van der Waals surface area contributed by atoms with Crippen LogP contribution in [0.4, 0.5) is 0 Å². The largest absolute Gasteiger partial charge is 0.497 e. The Bertz CT molecular complexity index is 933. The maximum atomic E-state index is 12.9. The van der Waals surface area contributed by atoms with Crippen molar-refractivity contribution in [1.82, 2.24) is 19.4 Å². The molecule has 6 nitrogen and oxygen atoms in total. The Kier molecular flexibility index (Phi) is 6.14. The number of carbonyl (C=O) groups excluding carboxylic acids is 1. The Morgan fingerprint density at radius 1 is 0.967 bits per heavy atom. The summed E-state index contributed by atoms with van der Waals surface area (Å²) >= 11 is 0. The van der Waals surface area contributed by atoms with Crippen LogP contribution in [0.25, 0.3) is 0 Å². The molecule has 2 aromatic carbocycles. The van der Waals surface area contributed by atoms with Crippen LogP contribution in [0.1, 0.15) is 30.1 Å². The number of hydrogen-bond acceptors (Lipinski definition) is 4. The summed E-state index contributed by atoms with van der Waals surface area (Å²) < 4.78 is 7.19. The van der Waals surface area contributed by atoms with E-state index in [9.17, 15) is 4.79 Å². The van der Waals surface area contributed by atoms with Crippen LogP contribution in [0.3, 0.4) is 0 Å². The molecule has 0 N–H and O–H groups in total. The Labute approximate surface area is 177 Å². The average molecular weight is 405 g/mol. The second-order valence-corrected chi connectivity index (χ2v) is 7.63. The van der Waals surface area contributed by atoms with Gasteiger partial charge in [0.2, 0.25) is 5.91 Å². The fraction of sp³-hybridized carbons (Fsp3) is 0.333. The van der Waals surface area contributed by atoms with E-state index in [2.05, 4.69) is 46.3 Å². The van der Waals surface area contributed by atoms with Crippen LogP contribution in [0.5, 0.6) is 5.75 Å². The highest BCUT2D eigenvalue weighted by atomic mass is 16.5. The number of methoxy groups -OCH3 is 1. The monoisotopic (exact) mass is 404 g/mol. The number of hydrogen-bond donors (Lipinski definition) is 0. The lowest BCUT2D eigenvalue weighted by Crippen LogP contribution is -2.51. The zero-order chi connectivity index (χ0) is 20.9. The molecule has 1 aliphatic rings. The highest BCUT2D eigenvalue weighted by molar-refractivity contribution is 5.80. The zero-order valence-corrected chi connectivity index (χ0v) is 17.5. The minimum atomic E-state index is -0.231. The van der Waals surface area contributed by atoms with Gasteiger partial charge in [0.15, 0.2) is 0 Å². The fourth-order valence-corrected chi connectivity index (χ4v) is 4.13. The van der Waals surface area contributed by atoms with E-state index in [4.69, 9.17) is 4.74 Å². The van der Waals surface area contributed by atoms with Crippen molar-refractivity contribution in [2.24, 2.45) is 0 Å². The van der Waals surface area contributed by atoms with Gasteiger partial charge < -0.3 is 14.2 Å². The molecule has 2 heterocycles. The van der Waals surface area contributed by atoms with E-state index in [1.807, 2.05) is 40.8 Å². The summed E-state index contributed by atoms with van der Waals surface area (Å²) in [7, 11) is 1.69. The predicted molar refractivity (Wildman–Crippen MR) is 116 cm³/mol. The number of amides is 1. The highest BCUT2D eigenvalue weighted by Crippen LogP contribution is 2.31. The van der Waals surface area contributed by atoms with Gasteiger partial charge in [-0.3, -0.25) is 9.69 Å². The number of ether oxygens (including phenoxy) is 1. The van der Waals surface area contributed by atoms with Gasteiger partial charge in [-0.05, 0) is 30.2 Å². The molecule has 1 amide bonds. The summed E-state index contributed by atoms with van der Waals surface area (Å²) in [6.07, 6.45) is 5.25. The molecule has 0 radical (unpaired) electrons. The van der Waals surface area contributed by atoms with Crippen LogP contribution < -0.4 is 4.74 Å². The second-order valence-electron chi connectivity index (χ2n) is 7.63. The molecule has 0 bridgehead atoms. The van der Waals surface area contributed by atoms with E-state index in [1.54, 1.807) is 19.6 Å². The van der Waals surface area contributed by atoms with Gasteiger partial charge in [-0.1, -0.05) is 42.5 Å². The van der Waals surface area contributed by atoms with Gasteiger partial charge in [-0.2, -0.15) is 0 Å². The van der Waals surface area contributed by atoms with Crippen molar-refractivity contribution in [3.63, 3.8) is 0 Å². The zero-order valence-electron chi connectivity index (χ0n) is 17.5. The van der Waals surface area contributed by atoms with Crippen molar-refractivity contribution >= 4 is 5.91 Å². The van der Waals surface area contributed by atoms with Crippen molar-refractivity contribution in [3.05, 3.63) is 84.4 Å². The first-order valence-electron chi connectivity index (χ1n) is 10.4. The van der Waals surface area contributed by atoms with Gasteiger partial charge in [-0.15, -0.1) is 0 Å². The van der Waals surface area contributed by atoms with E-state index >= 15 is 0 Å². The molecule has 0 aliphatic carbocycles. The van der Waals surface area contributed by atoms with Gasteiger partial charge in [0.1, 0.15) is 11.8 Å². The predicted octanol–water partition coefficient (Wildman–Crippen LogP) is 3.39. The molecular formula is C24H28N4O2. The summed E-state index contributed by atoms with van der Waals surface area (Å²) in [6.45, 7) is 5.02. The molecule has 0 spiro atoms. The molecule has 2 atom stereocenters. The summed E-state index contributed by atoms with van der Waals surface area (Å²) in [5, 5.41) is 0. The van der Waals surface area contributed by atoms with Gasteiger partial charge in [-0.25, -0.2) is 4.98 Å². The Morgan fingerprint density at radius 2 is 1.63 bits per heavy atom. The number of rotatable bonds is 6. The summed E-state index contributed by atoms with van der Waals surface area (Å²) in [6, 6.07) is 18.8. The average Bonchev–Trinajstić information content (AvgIpc) is 3.35. The first kappa shape index (κ1) is 20.2. The van der Waals surface area contributed by atoms with Crippen LogP contribution in [-0.2, 0) is 4.79 Å². The van der Waals surface area contributed by atoms with Crippen molar-refractivity contribution < 1.29 is 9.53 Å². The normalized spacial score (nSPS) is 16.8. The summed E-state index contributed by atoms with van der Waals surface area (Å²) in [5.74, 6) is 1.00. The minimum Gasteiger partial charge on any atom is -0.497 e. The van der Waals surface area contributed by atoms with E-state index in [0.717, 1.165) is 31.9 Å². The molecule has 1 fully saturated rings. The molecular weight excluding hydrogens is 376 g/mol. The second kappa shape index (κ2) is 9.13. The van der Waals surface area contributed by atoms with E-state index in [1.165, 1.54) is 11.1 Å². The molecule has 0 saturated carbocycles. The quantitative estimate of drug-likeness (QED) is 0.632. The van der Waals surface area contributed by atoms with Crippen molar-refractivity contribution in [3.8, 4) is 5.75 Å². The van der Waals surface area contributed by atoms with Gasteiger partial charge in [0.25, 0.3) is 0 Å². The van der Waals surface area contributed by atoms with Gasteiger partial charge in [0, 0.05) is 38.6 Å². The minimum absolute atomic E-state index is 0.147. The molecule has 4 rings (SSSR count). The Balaban J connectivity index is 1.50. The maximum absolute atomic E-state index is 12.9. The topological polar surface area (TPSA) is 50.6 Å². The molecule has 1 aliphatic heterocycles. The molecule has 30 heavy (non-hydrogen) atoms. The lowest BCUT2D eigenvalue weighted by atomic mass is 9.96. The first-order chi connectivity index (χ1) is 14.7. The number of benzene rings is 2. The van der Waals surface area contributed by atoms with Crippen molar-refractivity contribution in [2.75, 3.05) is 33.3 Å². The molecule has 1 aromatic heterocycles. The third-order valence-electron chi connectivity index (χ3n) is 5.87. The Morgan fingerprint density at radius 3 is 2.23 bits per heavy atom. The van der Waals surface area contributed by atoms with Crippen LogP contribution in [0, 0.1) is 0 Å². The molecule has 3 aromatic rings. The van der Waals surface area contributed by atoms with Crippen molar-refractivity contribution in [2.45, 2.75) is 19.0 Å². The molecule has 1 saturated heterocycles. The SMILES string of the molecule is COc1ccc([C@H](c2ccccc2)N2CCN(C(=O)[C@@H](C)n3ccnc3)CC2)cc1. The lowest BCUT2D eigenvalue weighted by Gasteiger charge is -2.40. The molecule has 0 unspecified atom stereocenters. The number of carbonyl (C=O) groups is 1. The van der Waals surface area contributed by atoms with Crippen LogP contribution in [0.15, 0.2) is 73.3 Å². The number of piperazine rings is 1. The van der Waals surface area contributed by atoms with Crippen LogP contribution in [0.2, 0.25) is 0 Å². The number of nitrogens with zero attached hydrogens (tertiary/aromatic N) is 4. The fourth-order valence-electron chi connectivity index (χ4n) is 4.13. The number of aromatic nitrogens is 2. The van der Waals surface area contributed by atoms with E-state index < -0.39 is 0 Å². The third-order valence-corrected chi connectivity index (χ3v) is 5.87. The van der Waals surface area contributed by atoms with Gasteiger partial charge >= 0.3 is 0 Å².